The number of aromatic nitrogens is 2. The molecule has 0 spiro atoms. The van der Waals surface area contributed by atoms with Crippen LogP contribution < -0.4 is 15.8 Å². The summed E-state index contributed by atoms with van der Waals surface area (Å²) in [5.74, 6) is 2.10. The van der Waals surface area contributed by atoms with Crippen molar-refractivity contribution in [3.05, 3.63) is 5.82 Å². The maximum atomic E-state index is 6.02. The highest BCUT2D eigenvalue weighted by Gasteiger charge is 2.13. The Labute approximate surface area is 114 Å². The van der Waals surface area contributed by atoms with Gasteiger partial charge >= 0.3 is 0 Å². The third-order valence-corrected chi connectivity index (χ3v) is 2.35. The minimum atomic E-state index is 0.332. The minimum absolute atomic E-state index is 0.332. The zero-order valence-corrected chi connectivity index (χ0v) is 12.2. The lowest BCUT2D eigenvalue weighted by atomic mass is 10.2. The van der Waals surface area contributed by atoms with Crippen LogP contribution in [0.15, 0.2) is 0 Å². The molecule has 19 heavy (non-hydrogen) atoms. The minimum Gasteiger partial charge on any atom is -0.476 e. The maximum absolute atomic E-state index is 6.02. The number of ether oxygens (including phenoxy) is 2. The second kappa shape index (κ2) is 7.78. The van der Waals surface area contributed by atoms with Gasteiger partial charge in [0.1, 0.15) is 12.3 Å². The fourth-order valence-electron chi connectivity index (χ4n) is 1.43. The first-order chi connectivity index (χ1) is 9.08. The van der Waals surface area contributed by atoms with E-state index in [1.54, 1.807) is 7.11 Å². The van der Waals surface area contributed by atoms with E-state index in [-0.39, 0.29) is 0 Å². The van der Waals surface area contributed by atoms with Gasteiger partial charge in [-0.15, -0.1) is 0 Å². The van der Waals surface area contributed by atoms with E-state index in [0.29, 0.717) is 42.3 Å². The predicted octanol–water partition coefficient (Wildman–Crippen LogP) is 2.06. The zero-order valence-electron chi connectivity index (χ0n) is 12.2. The first kappa shape index (κ1) is 15.5. The van der Waals surface area contributed by atoms with Gasteiger partial charge in [0.25, 0.3) is 0 Å². The Hall–Kier alpha value is -1.56. The topological polar surface area (TPSA) is 82.3 Å². The van der Waals surface area contributed by atoms with Crippen LogP contribution in [-0.2, 0) is 11.3 Å². The van der Waals surface area contributed by atoms with Crippen molar-refractivity contribution >= 4 is 11.5 Å². The van der Waals surface area contributed by atoms with E-state index in [1.165, 1.54) is 0 Å². The lowest BCUT2D eigenvalue weighted by Crippen LogP contribution is -2.14. The molecule has 1 heterocycles. The number of nitrogen functional groups attached to an aromatic ring is 1. The number of anilines is 2. The van der Waals surface area contributed by atoms with Crippen molar-refractivity contribution in [3.63, 3.8) is 0 Å². The number of nitrogens with one attached hydrogen (secondary N) is 1. The van der Waals surface area contributed by atoms with E-state index in [0.717, 1.165) is 13.0 Å². The summed E-state index contributed by atoms with van der Waals surface area (Å²) in [4.78, 5) is 8.61. The first-order valence-corrected chi connectivity index (χ1v) is 6.60. The molecule has 0 amide bonds. The van der Waals surface area contributed by atoms with Crippen LogP contribution in [0.2, 0.25) is 0 Å². The summed E-state index contributed by atoms with van der Waals surface area (Å²) in [6.45, 7) is 7.98. The van der Waals surface area contributed by atoms with Gasteiger partial charge < -0.3 is 20.5 Å². The van der Waals surface area contributed by atoms with E-state index in [1.807, 2.05) is 6.92 Å². The number of nitrogens with zero attached hydrogens (tertiary/aromatic N) is 2. The van der Waals surface area contributed by atoms with E-state index in [9.17, 15) is 0 Å². The summed E-state index contributed by atoms with van der Waals surface area (Å²) in [6, 6.07) is 0. The molecule has 0 aromatic carbocycles. The first-order valence-electron chi connectivity index (χ1n) is 6.60. The van der Waals surface area contributed by atoms with Gasteiger partial charge in [-0.05, 0) is 12.3 Å². The van der Waals surface area contributed by atoms with Crippen LogP contribution in [0.25, 0.3) is 0 Å². The van der Waals surface area contributed by atoms with Gasteiger partial charge in [-0.3, -0.25) is 0 Å². The highest BCUT2D eigenvalue weighted by Crippen LogP contribution is 2.26. The number of nitrogens with two attached hydrogens (primary N) is 1. The van der Waals surface area contributed by atoms with Crippen LogP contribution in [0.4, 0.5) is 11.5 Å². The molecule has 3 N–H and O–H groups in total. The fourth-order valence-corrected chi connectivity index (χ4v) is 1.43. The molecule has 1 rings (SSSR count). The van der Waals surface area contributed by atoms with Crippen molar-refractivity contribution in [2.45, 2.75) is 33.8 Å². The van der Waals surface area contributed by atoms with Crippen LogP contribution in [-0.4, -0.2) is 30.2 Å². The summed E-state index contributed by atoms with van der Waals surface area (Å²) < 4.78 is 10.6. The van der Waals surface area contributed by atoms with Crippen molar-refractivity contribution in [2.24, 2.45) is 5.92 Å². The summed E-state index contributed by atoms with van der Waals surface area (Å²) in [6.07, 6.45) is 0.901. The molecule has 0 radical (unpaired) electrons. The molecular weight excluding hydrogens is 244 g/mol. The highest BCUT2D eigenvalue weighted by molar-refractivity contribution is 5.66. The Bertz CT molecular complexity index is 396. The molecule has 0 fully saturated rings. The van der Waals surface area contributed by atoms with Crippen molar-refractivity contribution in [3.8, 4) is 5.88 Å². The van der Waals surface area contributed by atoms with Crippen molar-refractivity contribution < 1.29 is 9.47 Å². The molecule has 0 unspecified atom stereocenters. The normalized spacial score (nSPS) is 10.8. The summed E-state index contributed by atoms with van der Waals surface area (Å²) >= 11 is 0. The molecular formula is C13H24N4O2. The molecule has 0 saturated heterocycles. The highest BCUT2D eigenvalue weighted by atomic mass is 16.5. The van der Waals surface area contributed by atoms with Crippen molar-refractivity contribution in [1.29, 1.82) is 0 Å². The van der Waals surface area contributed by atoms with Crippen LogP contribution in [0, 0.1) is 5.92 Å². The standard InChI is InChI=1S/C13H24N4O2/c1-5-6-19-13-11(14)12(15-7-9(2)3)16-10(17-13)8-18-4/h9H,5-8,14H2,1-4H3,(H,15,16,17). The molecule has 0 bridgehead atoms. The summed E-state index contributed by atoms with van der Waals surface area (Å²) in [5, 5.41) is 3.22. The summed E-state index contributed by atoms with van der Waals surface area (Å²) in [5.41, 5.74) is 6.47. The van der Waals surface area contributed by atoms with Crippen molar-refractivity contribution in [1.82, 2.24) is 9.97 Å². The third-order valence-electron chi connectivity index (χ3n) is 2.35. The average Bonchev–Trinajstić information content (AvgIpc) is 2.37. The van der Waals surface area contributed by atoms with Crippen LogP contribution >= 0.6 is 0 Å². The molecule has 108 valence electrons. The third kappa shape index (κ3) is 4.90. The Morgan fingerprint density at radius 3 is 2.63 bits per heavy atom. The number of hydrogen-bond donors (Lipinski definition) is 2. The Balaban J connectivity index is 2.94. The largest absolute Gasteiger partial charge is 0.476 e. The Morgan fingerprint density at radius 2 is 2.05 bits per heavy atom. The number of methoxy groups -OCH3 is 1. The second-order valence-corrected chi connectivity index (χ2v) is 4.76. The van der Waals surface area contributed by atoms with E-state index in [4.69, 9.17) is 15.2 Å². The monoisotopic (exact) mass is 268 g/mol. The van der Waals surface area contributed by atoms with Gasteiger partial charge in [-0.1, -0.05) is 20.8 Å². The zero-order chi connectivity index (χ0) is 14.3. The van der Waals surface area contributed by atoms with Crippen LogP contribution in [0.1, 0.15) is 33.0 Å². The Kier molecular flexibility index (Phi) is 6.35. The van der Waals surface area contributed by atoms with Gasteiger partial charge in [0, 0.05) is 13.7 Å². The molecule has 6 nitrogen and oxygen atoms in total. The number of rotatable bonds is 8. The average molecular weight is 268 g/mol. The molecule has 0 atom stereocenters. The molecule has 0 aliphatic carbocycles. The van der Waals surface area contributed by atoms with Gasteiger partial charge in [0.15, 0.2) is 11.6 Å². The molecule has 0 saturated carbocycles. The van der Waals surface area contributed by atoms with Crippen LogP contribution in [0.5, 0.6) is 5.88 Å². The van der Waals surface area contributed by atoms with Crippen LogP contribution in [0.3, 0.4) is 0 Å². The molecule has 0 aliphatic rings. The molecule has 1 aromatic heterocycles. The maximum Gasteiger partial charge on any atom is 0.242 e. The predicted molar refractivity (Wildman–Crippen MR) is 76.3 cm³/mol. The lowest BCUT2D eigenvalue weighted by molar-refractivity contribution is 0.176. The van der Waals surface area contributed by atoms with E-state index >= 15 is 0 Å². The van der Waals surface area contributed by atoms with E-state index < -0.39 is 0 Å². The van der Waals surface area contributed by atoms with E-state index in [2.05, 4.69) is 29.1 Å². The fraction of sp³-hybridized carbons (Fsp3) is 0.692. The van der Waals surface area contributed by atoms with Gasteiger partial charge in [-0.2, -0.15) is 4.98 Å². The summed E-state index contributed by atoms with van der Waals surface area (Å²) in [7, 11) is 1.60. The molecule has 1 aromatic rings. The SMILES string of the molecule is CCCOc1nc(COC)nc(NCC(C)C)c1N. The second-order valence-electron chi connectivity index (χ2n) is 4.76. The van der Waals surface area contributed by atoms with Gasteiger partial charge in [0.05, 0.1) is 6.61 Å². The Morgan fingerprint density at radius 1 is 1.32 bits per heavy atom. The molecule has 6 heteroatoms. The lowest BCUT2D eigenvalue weighted by Gasteiger charge is -2.14. The van der Waals surface area contributed by atoms with Gasteiger partial charge in [-0.25, -0.2) is 4.98 Å². The quantitative estimate of drug-likeness (QED) is 0.751. The number of hydrogen-bond acceptors (Lipinski definition) is 6. The molecule has 0 aliphatic heterocycles. The van der Waals surface area contributed by atoms with Gasteiger partial charge in [0.2, 0.25) is 5.88 Å². The van der Waals surface area contributed by atoms with Crippen molar-refractivity contribution in [2.75, 3.05) is 31.3 Å². The smallest absolute Gasteiger partial charge is 0.242 e.